The third-order valence-corrected chi connectivity index (χ3v) is 5.53. The van der Waals surface area contributed by atoms with Crippen molar-refractivity contribution in [1.29, 1.82) is 0 Å². The number of hydrogen-bond donors (Lipinski definition) is 1. The molecular formula is C15H22BrNO2Si. The molecule has 0 unspecified atom stereocenters. The smallest absolute Gasteiger partial charge is 0.123 e. The zero-order chi connectivity index (χ0) is 14.8. The van der Waals surface area contributed by atoms with Crippen LogP contribution in [0.2, 0.25) is 25.7 Å². The maximum Gasteiger partial charge on any atom is 0.123 e. The summed E-state index contributed by atoms with van der Waals surface area (Å²) in [6.45, 7) is 8.36. The van der Waals surface area contributed by atoms with Crippen molar-refractivity contribution in [3.05, 3.63) is 34.4 Å². The maximum absolute atomic E-state index is 9.49. The summed E-state index contributed by atoms with van der Waals surface area (Å²) in [6.07, 6.45) is 0. The van der Waals surface area contributed by atoms with E-state index in [2.05, 4.69) is 47.7 Å². The van der Waals surface area contributed by atoms with Gasteiger partial charge in [0.15, 0.2) is 0 Å². The Bertz CT molecular complexity index is 589. The summed E-state index contributed by atoms with van der Waals surface area (Å²) in [6, 6.07) is 9.31. The molecule has 0 atom stereocenters. The van der Waals surface area contributed by atoms with Crippen molar-refractivity contribution in [2.24, 2.45) is 0 Å². The third-order valence-electron chi connectivity index (χ3n) is 3.33. The lowest BCUT2D eigenvalue weighted by Gasteiger charge is -2.16. The van der Waals surface area contributed by atoms with Gasteiger partial charge in [0.05, 0.1) is 12.1 Å². The number of aliphatic hydroxyl groups excluding tert-OH is 1. The molecule has 110 valence electrons. The van der Waals surface area contributed by atoms with Gasteiger partial charge >= 0.3 is 0 Å². The number of benzene rings is 1. The van der Waals surface area contributed by atoms with Gasteiger partial charge in [-0.15, -0.1) is 0 Å². The Hall–Kier alpha value is -0.623. The number of ether oxygens (including phenoxy) is 1. The minimum atomic E-state index is -1.05. The van der Waals surface area contributed by atoms with Crippen LogP contribution in [0.1, 0.15) is 5.69 Å². The summed E-state index contributed by atoms with van der Waals surface area (Å²) >= 11 is 3.48. The third kappa shape index (κ3) is 3.94. The lowest BCUT2D eigenvalue weighted by atomic mass is 10.2. The van der Waals surface area contributed by atoms with Gasteiger partial charge in [0.2, 0.25) is 0 Å². The van der Waals surface area contributed by atoms with E-state index in [4.69, 9.17) is 4.74 Å². The van der Waals surface area contributed by atoms with Crippen LogP contribution in [0, 0.1) is 0 Å². The zero-order valence-electron chi connectivity index (χ0n) is 12.3. The first kappa shape index (κ1) is 15.8. The molecule has 20 heavy (non-hydrogen) atoms. The van der Waals surface area contributed by atoms with Gasteiger partial charge in [-0.2, -0.15) is 0 Å². The molecule has 1 aromatic carbocycles. The first-order valence-electron chi connectivity index (χ1n) is 6.87. The van der Waals surface area contributed by atoms with Crippen LogP contribution in [-0.2, 0) is 18.1 Å². The van der Waals surface area contributed by atoms with Crippen LogP contribution in [0.15, 0.2) is 28.7 Å². The van der Waals surface area contributed by atoms with Gasteiger partial charge < -0.3 is 14.4 Å². The topological polar surface area (TPSA) is 34.4 Å². The minimum absolute atomic E-state index is 0.0314. The quantitative estimate of drug-likeness (QED) is 0.622. The van der Waals surface area contributed by atoms with E-state index in [-0.39, 0.29) is 6.61 Å². The van der Waals surface area contributed by atoms with Crippen LogP contribution in [0.4, 0.5) is 0 Å². The summed E-state index contributed by atoms with van der Waals surface area (Å²) in [5, 5.41) is 10.6. The number of hydrogen-bond acceptors (Lipinski definition) is 2. The van der Waals surface area contributed by atoms with Gasteiger partial charge in [-0.1, -0.05) is 35.6 Å². The van der Waals surface area contributed by atoms with Gasteiger partial charge in [-0.3, -0.25) is 0 Å². The molecule has 0 aliphatic carbocycles. The Labute approximate surface area is 129 Å². The van der Waals surface area contributed by atoms with Crippen molar-refractivity contribution in [3.8, 4) is 0 Å². The molecule has 2 rings (SSSR count). The molecule has 3 nitrogen and oxygen atoms in total. The molecule has 0 saturated carbocycles. The van der Waals surface area contributed by atoms with Crippen molar-refractivity contribution in [2.45, 2.75) is 39.0 Å². The fourth-order valence-corrected chi connectivity index (χ4v) is 3.25. The largest absolute Gasteiger partial charge is 0.390 e. The van der Waals surface area contributed by atoms with Crippen LogP contribution in [0.25, 0.3) is 10.9 Å². The Balaban J connectivity index is 2.12. The van der Waals surface area contributed by atoms with Gasteiger partial charge in [-0.25, -0.2) is 0 Å². The van der Waals surface area contributed by atoms with Gasteiger partial charge in [-0.05, 0) is 30.3 Å². The Morgan fingerprint density at radius 2 is 2.00 bits per heavy atom. The average molecular weight is 356 g/mol. The maximum atomic E-state index is 9.49. The fraction of sp³-hybridized carbons (Fsp3) is 0.467. The van der Waals surface area contributed by atoms with E-state index in [9.17, 15) is 5.11 Å². The number of aromatic nitrogens is 1. The predicted octanol–water partition coefficient (Wildman–Crippen LogP) is 4.21. The van der Waals surface area contributed by atoms with E-state index < -0.39 is 8.07 Å². The average Bonchev–Trinajstić information content (AvgIpc) is 2.70. The van der Waals surface area contributed by atoms with Crippen LogP contribution in [0.3, 0.4) is 0 Å². The van der Waals surface area contributed by atoms with Gasteiger partial charge in [0.25, 0.3) is 0 Å². The second kappa shape index (κ2) is 6.43. The van der Waals surface area contributed by atoms with Crippen molar-refractivity contribution in [2.75, 3.05) is 6.61 Å². The lowest BCUT2D eigenvalue weighted by Crippen LogP contribution is -2.22. The molecule has 0 aliphatic heterocycles. The Kier molecular flexibility index (Phi) is 5.07. The number of fused-ring (bicyclic) bond motifs is 1. The van der Waals surface area contributed by atoms with E-state index in [1.807, 2.05) is 16.7 Å². The molecule has 1 aromatic heterocycles. The SMILES string of the molecule is C[Si](C)(C)CCOCn1c(CO)cc2cc(Br)ccc21. The van der Waals surface area contributed by atoms with Crippen molar-refractivity contribution in [3.63, 3.8) is 0 Å². The van der Waals surface area contributed by atoms with E-state index >= 15 is 0 Å². The van der Waals surface area contributed by atoms with Crippen LogP contribution in [-0.4, -0.2) is 24.4 Å². The molecule has 0 spiro atoms. The van der Waals surface area contributed by atoms with E-state index in [1.54, 1.807) is 0 Å². The van der Waals surface area contributed by atoms with E-state index in [1.165, 1.54) is 0 Å². The second-order valence-corrected chi connectivity index (χ2v) is 12.8. The van der Waals surface area contributed by atoms with Gasteiger partial charge in [0.1, 0.15) is 6.73 Å². The number of nitrogens with zero attached hydrogens (tertiary/aromatic N) is 1. The van der Waals surface area contributed by atoms with Crippen LogP contribution >= 0.6 is 15.9 Å². The monoisotopic (exact) mass is 355 g/mol. The molecule has 0 amide bonds. The van der Waals surface area contributed by atoms with Crippen molar-refractivity contribution < 1.29 is 9.84 Å². The number of aliphatic hydroxyl groups is 1. The summed E-state index contributed by atoms with van der Waals surface area (Å²) in [4.78, 5) is 0. The molecule has 1 N–H and O–H groups in total. The first-order valence-corrected chi connectivity index (χ1v) is 11.4. The molecule has 0 fully saturated rings. The van der Waals surface area contributed by atoms with Gasteiger partial charge in [0, 0.05) is 30.2 Å². The van der Waals surface area contributed by atoms with Crippen LogP contribution in [0.5, 0.6) is 0 Å². The minimum Gasteiger partial charge on any atom is -0.390 e. The highest BCUT2D eigenvalue weighted by molar-refractivity contribution is 9.10. The normalized spacial score (nSPS) is 12.2. The highest BCUT2D eigenvalue weighted by atomic mass is 79.9. The molecule has 1 heterocycles. The second-order valence-electron chi connectivity index (χ2n) is 6.27. The molecule has 0 radical (unpaired) electrons. The summed E-state index contributed by atoms with van der Waals surface area (Å²) in [7, 11) is -1.05. The summed E-state index contributed by atoms with van der Waals surface area (Å²) in [5.74, 6) is 0. The Morgan fingerprint density at radius 1 is 1.25 bits per heavy atom. The highest BCUT2D eigenvalue weighted by Crippen LogP contribution is 2.24. The predicted molar refractivity (Wildman–Crippen MR) is 89.7 cm³/mol. The Morgan fingerprint density at radius 3 is 2.65 bits per heavy atom. The van der Waals surface area contributed by atoms with Crippen LogP contribution < -0.4 is 0 Å². The molecule has 5 heteroatoms. The van der Waals surface area contributed by atoms with E-state index in [0.29, 0.717) is 6.73 Å². The van der Waals surface area contributed by atoms with Crippen molar-refractivity contribution in [1.82, 2.24) is 4.57 Å². The number of halogens is 1. The first-order chi connectivity index (χ1) is 9.40. The molecule has 0 bridgehead atoms. The van der Waals surface area contributed by atoms with Crippen molar-refractivity contribution >= 4 is 34.9 Å². The number of rotatable bonds is 6. The standard InChI is InChI=1S/C15H22BrNO2Si/c1-20(2,3)7-6-19-11-17-14(10-18)9-12-8-13(16)4-5-15(12)17/h4-5,8-9,18H,6-7,10-11H2,1-3H3. The lowest BCUT2D eigenvalue weighted by molar-refractivity contribution is 0.0854. The molecular weight excluding hydrogens is 334 g/mol. The fourth-order valence-electron chi connectivity index (χ4n) is 2.12. The van der Waals surface area contributed by atoms with E-state index in [0.717, 1.165) is 33.7 Å². The zero-order valence-corrected chi connectivity index (χ0v) is 14.9. The summed E-state index contributed by atoms with van der Waals surface area (Å²) in [5.41, 5.74) is 2.00. The molecule has 2 aromatic rings. The molecule has 0 aliphatic rings. The highest BCUT2D eigenvalue weighted by Gasteiger charge is 2.13. The summed E-state index contributed by atoms with van der Waals surface area (Å²) < 4.78 is 8.90. The molecule has 0 saturated heterocycles.